The van der Waals surface area contributed by atoms with Crippen molar-refractivity contribution >= 4 is 87.7 Å². The lowest BCUT2D eigenvalue weighted by Crippen LogP contribution is -2.03. The molecule has 0 N–H and O–H groups in total. The SMILES string of the molecule is Brc1cccc2c1sc1c(-n3c4c(c5ccccc53)C=CCC4)cccc12.SS. The van der Waals surface area contributed by atoms with Crippen LogP contribution in [0, 0.1) is 0 Å². The van der Waals surface area contributed by atoms with Crippen LogP contribution in [0.3, 0.4) is 0 Å². The molecule has 3 aromatic carbocycles. The Morgan fingerprint density at radius 3 is 2.41 bits per heavy atom. The van der Waals surface area contributed by atoms with Crippen LogP contribution < -0.4 is 0 Å². The molecule has 0 unspecified atom stereocenters. The third kappa shape index (κ3) is 2.98. The van der Waals surface area contributed by atoms with Gasteiger partial charge in [-0.3, -0.25) is 0 Å². The predicted octanol–water partition coefficient (Wildman–Crippen LogP) is 8.48. The Labute approximate surface area is 192 Å². The summed E-state index contributed by atoms with van der Waals surface area (Å²) in [5, 5.41) is 4.02. The smallest absolute Gasteiger partial charge is 0.0637 e. The minimum Gasteiger partial charge on any atom is -0.312 e. The van der Waals surface area contributed by atoms with Crippen molar-refractivity contribution in [3.05, 3.63) is 82.5 Å². The second-order valence-corrected chi connectivity index (χ2v) is 8.90. The minimum atomic E-state index is 1.09. The third-order valence-corrected chi connectivity index (χ3v) is 7.75. The number of rotatable bonds is 1. The number of hydrogen-bond donors (Lipinski definition) is 2. The molecule has 0 saturated heterocycles. The first-order chi connectivity index (χ1) is 14.3. The number of allylic oxidation sites excluding steroid dienone is 1. The summed E-state index contributed by atoms with van der Waals surface area (Å²) >= 11 is 12.1. The first-order valence-corrected chi connectivity index (χ1v) is 12.6. The van der Waals surface area contributed by atoms with Crippen molar-refractivity contribution in [1.29, 1.82) is 0 Å². The summed E-state index contributed by atoms with van der Waals surface area (Å²) in [6, 6.07) is 22.0. The number of hydrogen-bond acceptors (Lipinski definition) is 3. The maximum atomic E-state index is 3.74. The summed E-state index contributed by atoms with van der Waals surface area (Å²) < 4.78 is 6.36. The summed E-state index contributed by atoms with van der Waals surface area (Å²) in [6.07, 6.45) is 6.80. The average molecular weight is 497 g/mol. The van der Waals surface area contributed by atoms with Crippen LogP contribution in [0.25, 0.3) is 42.8 Å². The first-order valence-electron chi connectivity index (χ1n) is 9.42. The lowest BCUT2D eigenvalue weighted by Gasteiger charge is -2.14. The van der Waals surface area contributed by atoms with Crippen LogP contribution in [0.15, 0.2) is 71.2 Å². The van der Waals surface area contributed by atoms with Crippen LogP contribution in [0.5, 0.6) is 0 Å². The van der Waals surface area contributed by atoms with Crippen molar-refractivity contribution in [3.8, 4) is 5.69 Å². The van der Waals surface area contributed by atoms with E-state index in [-0.39, 0.29) is 0 Å². The highest BCUT2D eigenvalue weighted by atomic mass is 79.9. The van der Waals surface area contributed by atoms with Gasteiger partial charge >= 0.3 is 0 Å². The monoisotopic (exact) mass is 495 g/mol. The fourth-order valence-electron chi connectivity index (χ4n) is 4.39. The van der Waals surface area contributed by atoms with Crippen LogP contribution >= 0.6 is 50.6 Å². The van der Waals surface area contributed by atoms with Crippen molar-refractivity contribution in [3.63, 3.8) is 0 Å². The van der Waals surface area contributed by atoms with Gasteiger partial charge in [-0.25, -0.2) is 0 Å². The van der Waals surface area contributed by atoms with Crippen molar-refractivity contribution in [1.82, 2.24) is 4.57 Å². The molecule has 5 heteroatoms. The van der Waals surface area contributed by atoms with Gasteiger partial charge in [0.05, 0.1) is 15.9 Å². The third-order valence-electron chi connectivity index (χ3n) is 5.54. The molecule has 5 aromatic rings. The van der Waals surface area contributed by atoms with E-state index in [1.807, 2.05) is 11.3 Å². The molecule has 6 rings (SSSR count). The average Bonchev–Trinajstić information content (AvgIpc) is 3.32. The maximum absolute atomic E-state index is 3.74. The Morgan fingerprint density at radius 2 is 1.55 bits per heavy atom. The van der Waals surface area contributed by atoms with Gasteiger partial charge in [0.25, 0.3) is 0 Å². The van der Waals surface area contributed by atoms with Crippen molar-refractivity contribution < 1.29 is 0 Å². The molecule has 0 spiro atoms. The highest BCUT2D eigenvalue weighted by Crippen LogP contribution is 2.43. The van der Waals surface area contributed by atoms with Gasteiger partial charge < -0.3 is 4.57 Å². The van der Waals surface area contributed by atoms with Gasteiger partial charge in [-0.2, -0.15) is 0 Å². The van der Waals surface area contributed by atoms with Crippen LogP contribution in [-0.4, -0.2) is 4.57 Å². The van der Waals surface area contributed by atoms with Gasteiger partial charge in [0.2, 0.25) is 0 Å². The summed E-state index contributed by atoms with van der Waals surface area (Å²) in [5.41, 5.74) is 5.42. The quantitative estimate of drug-likeness (QED) is 0.170. The molecule has 0 bridgehead atoms. The fourth-order valence-corrected chi connectivity index (χ4v) is 6.21. The van der Waals surface area contributed by atoms with E-state index in [2.05, 4.69) is 117 Å². The number of halogens is 1. The van der Waals surface area contributed by atoms with Crippen LogP contribution in [-0.2, 0) is 6.42 Å². The second-order valence-electron chi connectivity index (χ2n) is 7.03. The Kier molecular flexibility index (Phi) is 5.25. The molecule has 0 saturated carbocycles. The molecular weight excluding hydrogens is 478 g/mol. The zero-order valence-electron chi connectivity index (χ0n) is 15.5. The van der Waals surface area contributed by atoms with E-state index in [9.17, 15) is 0 Å². The van der Waals surface area contributed by atoms with Gasteiger partial charge in [0.15, 0.2) is 0 Å². The normalized spacial score (nSPS) is 12.9. The van der Waals surface area contributed by atoms with E-state index >= 15 is 0 Å². The summed E-state index contributed by atoms with van der Waals surface area (Å²) in [6.45, 7) is 0. The fraction of sp³-hybridized carbons (Fsp3) is 0.0833. The number of thiophene rings is 1. The number of aromatic nitrogens is 1. The van der Waals surface area contributed by atoms with E-state index in [0.717, 1.165) is 12.8 Å². The number of benzene rings is 3. The summed E-state index contributed by atoms with van der Waals surface area (Å²) in [7, 11) is 0. The van der Waals surface area contributed by atoms with Crippen LogP contribution in [0.4, 0.5) is 0 Å². The van der Waals surface area contributed by atoms with Gasteiger partial charge in [-0.05, 0) is 47.0 Å². The van der Waals surface area contributed by atoms with Gasteiger partial charge in [0, 0.05) is 36.6 Å². The molecule has 144 valence electrons. The van der Waals surface area contributed by atoms with Crippen molar-refractivity contribution in [2.75, 3.05) is 0 Å². The molecule has 1 aliphatic carbocycles. The van der Waals surface area contributed by atoms with E-state index in [0.29, 0.717) is 0 Å². The van der Waals surface area contributed by atoms with Gasteiger partial charge in [0.1, 0.15) is 0 Å². The molecule has 0 aliphatic heterocycles. The molecule has 0 atom stereocenters. The zero-order chi connectivity index (χ0) is 20.0. The number of thiol groups is 2. The number of fused-ring (bicyclic) bond motifs is 6. The highest BCUT2D eigenvalue weighted by molar-refractivity contribution is 9.10. The molecule has 29 heavy (non-hydrogen) atoms. The molecular formula is C24H18BrNS3. The van der Waals surface area contributed by atoms with Gasteiger partial charge in [-0.1, -0.05) is 54.6 Å². The Bertz CT molecular complexity index is 1390. The summed E-state index contributed by atoms with van der Waals surface area (Å²) in [4.78, 5) is 0. The highest BCUT2D eigenvalue weighted by Gasteiger charge is 2.20. The van der Waals surface area contributed by atoms with E-state index in [1.54, 1.807) is 0 Å². The molecule has 0 amide bonds. The standard InChI is InChI=1S/C24H16BrNS.H2S2/c25-19-11-5-9-17-18-10-6-14-22(24(18)27-23(17)19)26-20-12-3-1-7-15(20)16-8-2-4-13-21(16)26;1-2/h1-3,5-12,14H,4,13H2;1-2H. The Hall–Kier alpha value is -1.66. The number of nitrogens with zero attached hydrogens (tertiary/aromatic N) is 1. The van der Waals surface area contributed by atoms with Crippen LogP contribution in [0.1, 0.15) is 17.7 Å². The Balaban J connectivity index is 0.000000882. The lowest BCUT2D eigenvalue weighted by molar-refractivity contribution is 0.892. The van der Waals surface area contributed by atoms with E-state index < -0.39 is 0 Å². The summed E-state index contributed by atoms with van der Waals surface area (Å²) in [5.74, 6) is 0. The second kappa shape index (κ2) is 7.88. The molecule has 1 aliphatic rings. The predicted molar refractivity (Wildman–Crippen MR) is 139 cm³/mol. The lowest BCUT2D eigenvalue weighted by atomic mass is 10.0. The largest absolute Gasteiger partial charge is 0.312 e. The molecule has 0 fully saturated rings. The van der Waals surface area contributed by atoms with Crippen molar-refractivity contribution in [2.45, 2.75) is 12.8 Å². The van der Waals surface area contributed by atoms with E-state index in [1.165, 1.54) is 52.5 Å². The maximum Gasteiger partial charge on any atom is 0.0637 e. The molecule has 1 nitrogen and oxygen atoms in total. The first kappa shape index (κ1) is 19.3. The van der Waals surface area contributed by atoms with E-state index in [4.69, 9.17) is 0 Å². The van der Waals surface area contributed by atoms with Gasteiger partial charge in [-0.15, -0.1) is 34.7 Å². The molecule has 2 heterocycles. The molecule has 2 aromatic heterocycles. The topological polar surface area (TPSA) is 4.93 Å². The molecule has 0 radical (unpaired) electrons. The minimum absolute atomic E-state index is 1.09. The Morgan fingerprint density at radius 1 is 0.828 bits per heavy atom. The zero-order valence-corrected chi connectivity index (χ0v) is 19.7. The number of para-hydroxylation sites is 1. The van der Waals surface area contributed by atoms with Crippen molar-refractivity contribution in [2.24, 2.45) is 0 Å². The van der Waals surface area contributed by atoms with Crippen LogP contribution in [0.2, 0.25) is 0 Å².